The molecule has 1 aliphatic heterocycles. The lowest BCUT2D eigenvalue weighted by molar-refractivity contribution is -0.192. The number of halogens is 3. The molecule has 1 aromatic carbocycles. The van der Waals surface area contributed by atoms with Crippen molar-refractivity contribution < 1.29 is 27.9 Å². The average molecular weight is 518 g/mol. The molecule has 4 aromatic rings. The van der Waals surface area contributed by atoms with Crippen LogP contribution < -0.4 is 10.6 Å². The molecule has 1 amide bonds. The Kier molecular flexibility index (Phi) is 7.16. The molecule has 0 saturated carbocycles. The van der Waals surface area contributed by atoms with E-state index in [9.17, 15) is 18.0 Å². The Morgan fingerprint density at radius 2 is 2.00 bits per heavy atom. The lowest BCUT2D eigenvalue weighted by atomic mass is 10.0. The van der Waals surface area contributed by atoms with Crippen molar-refractivity contribution in [3.63, 3.8) is 0 Å². The number of carbonyl (C=O) groups is 2. The van der Waals surface area contributed by atoms with E-state index in [2.05, 4.69) is 27.6 Å². The Hall–Kier alpha value is -4.00. The molecule has 1 saturated heterocycles. The molecule has 0 radical (unpaired) electrons. The van der Waals surface area contributed by atoms with Crippen molar-refractivity contribution in [1.29, 1.82) is 0 Å². The Balaban J connectivity index is 0.000000405. The van der Waals surface area contributed by atoms with Crippen LogP contribution >= 0.6 is 0 Å². The van der Waals surface area contributed by atoms with Gasteiger partial charge in [0.15, 0.2) is 5.65 Å². The molecular formula is C24H26F3N7O3. The van der Waals surface area contributed by atoms with E-state index >= 15 is 0 Å². The zero-order chi connectivity index (χ0) is 26.9. The first kappa shape index (κ1) is 26.1. The number of nitrogens with one attached hydrogen (secondary N) is 2. The molecule has 0 spiro atoms. The Morgan fingerprint density at radius 1 is 1.27 bits per heavy atom. The quantitative estimate of drug-likeness (QED) is 0.375. The number of alkyl halides is 3. The van der Waals surface area contributed by atoms with E-state index in [-0.39, 0.29) is 11.9 Å². The van der Waals surface area contributed by atoms with Crippen LogP contribution in [0.1, 0.15) is 47.6 Å². The summed E-state index contributed by atoms with van der Waals surface area (Å²) in [5.74, 6) is -1.77. The van der Waals surface area contributed by atoms with E-state index in [4.69, 9.17) is 14.9 Å². The zero-order valence-electron chi connectivity index (χ0n) is 20.4. The van der Waals surface area contributed by atoms with Crippen LogP contribution in [0, 0.1) is 12.8 Å². The highest BCUT2D eigenvalue weighted by atomic mass is 19.4. The second-order valence-corrected chi connectivity index (χ2v) is 8.87. The lowest BCUT2D eigenvalue weighted by Crippen LogP contribution is -2.21. The van der Waals surface area contributed by atoms with Gasteiger partial charge in [-0.3, -0.25) is 9.48 Å². The number of anilines is 1. The van der Waals surface area contributed by atoms with E-state index in [1.54, 1.807) is 10.9 Å². The molecule has 1 aliphatic rings. The van der Waals surface area contributed by atoms with Gasteiger partial charge in [-0.25, -0.2) is 14.8 Å². The largest absolute Gasteiger partial charge is 0.490 e. The third-order valence-electron chi connectivity index (χ3n) is 6.30. The van der Waals surface area contributed by atoms with Gasteiger partial charge in [0.1, 0.15) is 5.82 Å². The van der Waals surface area contributed by atoms with Gasteiger partial charge in [0.25, 0.3) is 5.91 Å². The maximum absolute atomic E-state index is 12.8. The van der Waals surface area contributed by atoms with Gasteiger partial charge in [0, 0.05) is 24.2 Å². The van der Waals surface area contributed by atoms with Crippen molar-refractivity contribution in [3.8, 4) is 0 Å². The smallest absolute Gasteiger partial charge is 0.475 e. The number of carboxylic acids is 1. The molecule has 2 unspecified atom stereocenters. The van der Waals surface area contributed by atoms with E-state index in [0.717, 1.165) is 40.9 Å². The van der Waals surface area contributed by atoms with Gasteiger partial charge in [-0.05, 0) is 37.9 Å². The molecule has 1 fully saturated rings. The predicted molar refractivity (Wildman–Crippen MR) is 129 cm³/mol. The fraction of sp³-hybridized carbons (Fsp3) is 0.375. The average Bonchev–Trinajstić information content (AvgIpc) is 3.56. The molecule has 2 atom stereocenters. The van der Waals surface area contributed by atoms with Gasteiger partial charge >= 0.3 is 12.1 Å². The first-order chi connectivity index (χ1) is 17.5. The van der Waals surface area contributed by atoms with Crippen LogP contribution in [-0.2, 0) is 11.8 Å². The number of rotatable bonds is 4. The number of nitrogens with zero attached hydrogens (tertiary/aromatic N) is 5. The minimum atomic E-state index is -5.08. The predicted octanol–water partition coefficient (Wildman–Crippen LogP) is 3.87. The summed E-state index contributed by atoms with van der Waals surface area (Å²) >= 11 is 0. The van der Waals surface area contributed by atoms with Gasteiger partial charge in [-0.2, -0.15) is 18.3 Å². The Morgan fingerprint density at radius 3 is 2.65 bits per heavy atom. The summed E-state index contributed by atoms with van der Waals surface area (Å²) in [6.07, 6.45) is 2.72. The Labute approximate surface area is 209 Å². The highest BCUT2D eigenvalue weighted by Gasteiger charge is 2.38. The Bertz CT molecular complexity index is 1460. The van der Waals surface area contributed by atoms with Crippen molar-refractivity contribution >= 4 is 34.2 Å². The number of hydrogen-bond acceptors (Lipinski definition) is 6. The van der Waals surface area contributed by atoms with Crippen molar-refractivity contribution in [2.75, 3.05) is 11.9 Å². The van der Waals surface area contributed by atoms with Crippen molar-refractivity contribution in [2.45, 2.75) is 38.9 Å². The van der Waals surface area contributed by atoms with Gasteiger partial charge in [-0.1, -0.05) is 19.4 Å². The summed E-state index contributed by atoms with van der Waals surface area (Å²) in [4.78, 5) is 30.8. The standard InChI is InChI=1S/C22H25N7O.C2HF3O2/c1-4-14-7-17(23-9-14)18-11-29-12-20(24-10-21(29)25-18)26-22(30)15-5-6-16-13(2)27-28(3)19(16)8-15;3-2(4,5)1(6)7/h5-6,8,10-12,14,17,23H,4,7,9H2,1-3H3,(H,26,30);(H,6,7). The number of carboxylic acid groups (broad SMARTS) is 1. The van der Waals surface area contributed by atoms with Crippen LogP contribution in [-0.4, -0.2) is 53.9 Å². The number of amides is 1. The number of imidazole rings is 1. The van der Waals surface area contributed by atoms with Crippen LogP contribution in [0.25, 0.3) is 16.6 Å². The summed E-state index contributed by atoms with van der Waals surface area (Å²) in [6, 6.07) is 5.88. The van der Waals surface area contributed by atoms with Crippen LogP contribution in [0.5, 0.6) is 0 Å². The van der Waals surface area contributed by atoms with Gasteiger partial charge in [-0.15, -0.1) is 0 Å². The number of carbonyl (C=O) groups excluding carboxylic acids is 1. The molecule has 3 aromatic heterocycles. The molecule has 10 nitrogen and oxygen atoms in total. The first-order valence-corrected chi connectivity index (χ1v) is 11.6. The number of aliphatic carboxylic acids is 1. The fourth-order valence-electron chi connectivity index (χ4n) is 4.26. The van der Waals surface area contributed by atoms with Gasteiger partial charge in [0.05, 0.1) is 35.3 Å². The fourth-order valence-corrected chi connectivity index (χ4v) is 4.26. The van der Waals surface area contributed by atoms with Crippen LogP contribution in [0.4, 0.5) is 19.0 Å². The third-order valence-corrected chi connectivity index (χ3v) is 6.30. The molecule has 37 heavy (non-hydrogen) atoms. The van der Waals surface area contributed by atoms with E-state index < -0.39 is 12.1 Å². The maximum Gasteiger partial charge on any atom is 0.490 e. The summed E-state index contributed by atoms with van der Waals surface area (Å²) in [7, 11) is 1.88. The zero-order valence-corrected chi connectivity index (χ0v) is 20.4. The van der Waals surface area contributed by atoms with Crippen molar-refractivity contribution in [2.24, 2.45) is 13.0 Å². The van der Waals surface area contributed by atoms with Gasteiger partial charge < -0.3 is 20.1 Å². The molecular weight excluding hydrogens is 491 g/mol. The maximum atomic E-state index is 12.8. The van der Waals surface area contributed by atoms with Crippen molar-refractivity contribution in [3.05, 3.63) is 53.7 Å². The molecule has 0 aliphatic carbocycles. The molecule has 3 N–H and O–H groups in total. The second kappa shape index (κ2) is 10.2. The number of fused-ring (bicyclic) bond motifs is 2. The molecule has 4 heterocycles. The van der Waals surface area contributed by atoms with Gasteiger partial charge in [0.2, 0.25) is 0 Å². The van der Waals surface area contributed by atoms with Crippen LogP contribution in [0.2, 0.25) is 0 Å². The normalized spacial score (nSPS) is 17.6. The second-order valence-electron chi connectivity index (χ2n) is 8.87. The SMILES string of the molecule is CCC1CNC(c2cn3cc(NC(=O)c4ccc5c(C)nn(C)c5c4)ncc3n2)C1.O=C(O)C(F)(F)F. The highest BCUT2D eigenvalue weighted by molar-refractivity contribution is 6.05. The molecule has 5 rings (SSSR count). The summed E-state index contributed by atoms with van der Waals surface area (Å²) in [5, 5.41) is 19.0. The summed E-state index contributed by atoms with van der Waals surface area (Å²) in [6.45, 7) is 5.23. The lowest BCUT2D eigenvalue weighted by Gasteiger charge is -2.06. The first-order valence-electron chi connectivity index (χ1n) is 11.6. The van der Waals surface area contributed by atoms with E-state index in [1.165, 1.54) is 6.42 Å². The van der Waals surface area contributed by atoms with E-state index in [0.29, 0.717) is 17.3 Å². The third kappa shape index (κ3) is 5.71. The van der Waals surface area contributed by atoms with Crippen LogP contribution in [0.15, 0.2) is 36.8 Å². The molecule has 196 valence electrons. The topological polar surface area (TPSA) is 126 Å². The minimum absolute atomic E-state index is 0.203. The number of aromatic nitrogens is 5. The molecule has 0 bridgehead atoms. The van der Waals surface area contributed by atoms with E-state index in [1.807, 2.05) is 49.0 Å². The summed E-state index contributed by atoms with van der Waals surface area (Å²) in [5.41, 5.74) is 4.24. The summed E-state index contributed by atoms with van der Waals surface area (Å²) < 4.78 is 35.4. The van der Waals surface area contributed by atoms with Crippen molar-refractivity contribution in [1.82, 2.24) is 29.5 Å². The minimum Gasteiger partial charge on any atom is -0.475 e. The number of aryl methyl sites for hydroxylation is 2. The number of hydrogen-bond donors (Lipinski definition) is 3. The highest BCUT2D eigenvalue weighted by Crippen LogP contribution is 2.28. The van der Waals surface area contributed by atoms with Crippen LogP contribution in [0.3, 0.4) is 0 Å². The number of benzene rings is 1. The molecule has 13 heteroatoms. The monoisotopic (exact) mass is 517 g/mol.